The molecule has 6 heteroatoms. The number of fused-ring (bicyclic) bond motifs is 1. The zero-order chi connectivity index (χ0) is 14.7. The second-order valence-electron chi connectivity index (χ2n) is 4.94. The van der Waals surface area contributed by atoms with Crippen LogP contribution in [-0.2, 0) is 11.2 Å². The van der Waals surface area contributed by atoms with Crippen LogP contribution in [0.4, 0.5) is 5.82 Å². The minimum atomic E-state index is -0.813. The van der Waals surface area contributed by atoms with E-state index < -0.39 is 5.97 Å². The molecule has 0 aliphatic rings. The maximum atomic E-state index is 10.6. The molecule has 2 aromatic rings. The molecule has 0 saturated carbocycles. The number of carboxylic acid groups (broad SMARTS) is 1. The van der Waals surface area contributed by atoms with Crippen molar-refractivity contribution in [3.63, 3.8) is 0 Å². The normalized spacial score (nSPS) is 11.2. The van der Waals surface area contributed by atoms with Gasteiger partial charge in [0, 0.05) is 17.3 Å². The SMILES string of the molecule is CCc1cc2c(NCCC(=O)O)nc(C(C)C)nc2s1. The van der Waals surface area contributed by atoms with Crippen LogP contribution in [0.25, 0.3) is 10.2 Å². The molecule has 0 spiro atoms. The Morgan fingerprint density at radius 2 is 2.20 bits per heavy atom. The molecule has 0 unspecified atom stereocenters. The summed E-state index contributed by atoms with van der Waals surface area (Å²) < 4.78 is 0. The number of hydrogen-bond donors (Lipinski definition) is 2. The number of aliphatic carboxylic acids is 1. The first-order valence-corrected chi connectivity index (χ1v) is 7.59. The van der Waals surface area contributed by atoms with Gasteiger partial charge in [0.25, 0.3) is 0 Å². The van der Waals surface area contributed by atoms with Crippen LogP contribution in [0.2, 0.25) is 0 Å². The highest BCUT2D eigenvalue weighted by Crippen LogP contribution is 2.30. The summed E-state index contributed by atoms with van der Waals surface area (Å²) >= 11 is 1.68. The monoisotopic (exact) mass is 293 g/mol. The Labute approximate surface area is 122 Å². The van der Waals surface area contributed by atoms with Crippen molar-refractivity contribution in [1.82, 2.24) is 9.97 Å². The summed E-state index contributed by atoms with van der Waals surface area (Å²) in [7, 11) is 0. The molecule has 0 aliphatic heterocycles. The van der Waals surface area contributed by atoms with Crippen molar-refractivity contribution >= 4 is 33.3 Å². The van der Waals surface area contributed by atoms with Crippen molar-refractivity contribution in [2.45, 2.75) is 39.5 Å². The van der Waals surface area contributed by atoms with Crippen LogP contribution in [0.5, 0.6) is 0 Å². The lowest BCUT2D eigenvalue weighted by atomic mass is 10.2. The first kappa shape index (κ1) is 14.7. The van der Waals surface area contributed by atoms with Gasteiger partial charge in [-0.1, -0.05) is 20.8 Å². The number of nitrogens with one attached hydrogen (secondary N) is 1. The highest BCUT2D eigenvalue weighted by molar-refractivity contribution is 7.18. The van der Waals surface area contributed by atoms with Gasteiger partial charge in [-0.3, -0.25) is 4.79 Å². The van der Waals surface area contributed by atoms with E-state index in [4.69, 9.17) is 5.11 Å². The molecule has 2 N–H and O–H groups in total. The molecule has 0 amide bonds. The number of aromatic nitrogens is 2. The van der Waals surface area contributed by atoms with Crippen LogP contribution in [-0.4, -0.2) is 27.6 Å². The molecule has 20 heavy (non-hydrogen) atoms. The average Bonchev–Trinajstić information content (AvgIpc) is 2.81. The van der Waals surface area contributed by atoms with Gasteiger partial charge in [0.15, 0.2) is 0 Å². The van der Waals surface area contributed by atoms with Gasteiger partial charge >= 0.3 is 5.97 Å². The van der Waals surface area contributed by atoms with Crippen molar-refractivity contribution < 1.29 is 9.90 Å². The lowest BCUT2D eigenvalue weighted by Gasteiger charge is -2.09. The predicted octanol–water partition coefficient (Wildman–Crippen LogP) is 3.26. The van der Waals surface area contributed by atoms with Crippen LogP contribution in [0.15, 0.2) is 6.07 Å². The Morgan fingerprint density at radius 1 is 1.45 bits per heavy atom. The summed E-state index contributed by atoms with van der Waals surface area (Å²) in [6, 6.07) is 2.09. The Hall–Kier alpha value is -1.69. The maximum Gasteiger partial charge on any atom is 0.305 e. The number of nitrogens with zero attached hydrogens (tertiary/aromatic N) is 2. The van der Waals surface area contributed by atoms with E-state index in [1.54, 1.807) is 11.3 Å². The number of aryl methyl sites for hydroxylation is 1. The van der Waals surface area contributed by atoms with Crippen LogP contribution in [0.1, 0.15) is 43.8 Å². The van der Waals surface area contributed by atoms with Gasteiger partial charge in [-0.15, -0.1) is 11.3 Å². The number of thiophene rings is 1. The molecule has 0 radical (unpaired) electrons. The van der Waals surface area contributed by atoms with Crippen molar-refractivity contribution in [3.05, 3.63) is 16.8 Å². The van der Waals surface area contributed by atoms with Crippen molar-refractivity contribution in [2.24, 2.45) is 0 Å². The van der Waals surface area contributed by atoms with E-state index in [9.17, 15) is 4.79 Å². The summed E-state index contributed by atoms with van der Waals surface area (Å²) in [4.78, 5) is 22.0. The summed E-state index contributed by atoms with van der Waals surface area (Å²) in [6.07, 6.45) is 1.04. The number of carboxylic acids is 1. The smallest absolute Gasteiger partial charge is 0.305 e. The largest absolute Gasteiger partial charge is 0.481 e. The van der Waals surface area contributed by atoms with Crippen LogP contribution in [0.3, 0.4) is 0 Å². The highest BCUT2D eigenvalue weighted by Gasteiger charge is 2.13. The summed E-state index contributed by atoms with van der Waals surface area (Å²) in [5.41, 5.74) is 0. The molecule has 108 valence electrons. The fourth-order valence-electron chi connectivity index (χ4n) is 1.84. The fourth-order valence-corrected chi connectivity index (χ4v) is 2.82. The molecule has 0 saturated heterocycles. The van der Waals surface area contributed by atoms with Gasteiger partial charge in [0.2, 0.25) is 0 Å². The number of carbonyl (C=O) groups is 1. The molecule has 2 rings (SSSR count). The standard InChI is InChI=1S/C14H19N3O2S/c1-4-9-7-10-13(15-6-5-11(18)19)16-12(8(2)3)17-14(10)20-9/h7-8H,4-6H2,1-3H3,(H,18,19)(H,15,16,17). The Bertz CT molecular complexity index is 622. The molecular formula is C14H19N3O2S. The summed E-state index contributed by atoms with van der Waals surface area (Å²) in [5.74, 6) is 0.966. The second kappa shape index (κ2) is 6.17. The van der Waals surface area contributed by atoms with Crippen LogP contribution >= 0.6 is 11.3 Å². The number of hydrogen-bond acceptors (Lipinski definition) is 5. The molecule has 0 bridgehead atoms. The first-order chi connectivity index (χ1) is 9.51. The Balaban J connectivity index is 2.37. The van der Waals surface area contributed by atoms with Crippen LogP contribution in [0, 0.1) is 0 Å². The zero-order valence-corrected chi connectivity index (χ0v) is 12.8. The van der Waals surface area contributed by atoms with E-state index in [0.717, 1.165) is 28.3 Å². The van der Waals surface area contributed by atoms with E-state index in [2.05, 4.69) is 42.1 Å². The number of rotatable bonds is 6. The number of anilines is 1. The lowest BCUT2D eigenvalue weighted by Crippen LogP contribution is -2.10. The zero-order valence-electron chi connectivity index (χ0n) is 11.9. The minimum absolute atomic E-state index is 0.0767. The molecule has 0 atom stereocenters. The fraction of sp³-hybridized carbons (Fsp3) is 0.500. The average molecular weight is 293 g/mol. The highest BCUT2D eigenvalue weighted by atomic mass is 32.1. The van der Waals surface area contributed by atoms with Gasteiger partial charge in [0.1, 0.15) is 16.5 Å². The van der Waals surface area contributed by atoms with Gasteiger partial charge in [-0.2, -0.15) is 0 Å². The summed E-state index contributed by atoms with van der Waals surface area (Å²) in [5, 5.41) is 12.8. The molecule has 2 aromatic heterocycles. The molecule has 0 aliphatic carbocycles. The van der Waals surface area contributed by atoms with Crippen LogP contribution < -0.4 is 5.32 Å². The third kappa shape index (κ3) is 3.25. The van der Waals surface area contributed by atoms with Gasteiger partial charge in [0.05, 0.1) is 11.8 Å². The van der Waals surface area contributed by atoms with E-state index in [1.165, 1.54) is 4.88 Å². The van der Waals surface area contributed by atoms with E-state index in [1.807, 2.05) is 0 Å². The quantitative estimate of drug-likeness (QED) is 0.855. The maximum absolute atomic E-state index is 10.6. The predicted molar refractivity (Wildman–Crippen MR) is 81.6 cm³/mol. The third-order valence-corrected chi connectivity index (χ3v) is 4.13. The van der Waals surface area contributed by atoms with Gasteiger partial charge in [-0.05, 0) is 12.5 Å². The molecule has 2 heterocycles. The van der Waals surface area contributed by atoms with Crippen molar-refractivity contribution in [3.8, 4) is 0 Å². The van der Waals surface area contributed by atoms with Gasteiger partial charge in [-0.25, -0.2) is 9.97 Å². The molecule has 5 nitrogen and oxygen atoms in total. The Morgan fingerprint density at radius 3 is 2.80 bits per heavy atom. The van der Waals surface area contributed by atoms with Crippen molar-refractivity contribution in [2.75, 3.05) is 11.9 Å². The third-order valence-electron chi connectivity index (χ3n) is 2.96. The van der Waals surface area contributed by atoms with E-state index >= 15 is 0 Å². The molecule has 0 aromatic carbocycles. The minimum Gasteiger partial charge on any atom is -0.481 e. The van der Waals surface area contributed by atoms with Gasteiger partial charge < -0.3 is 10.4 Å². The summed E-state index contributed by atoms with van der Waals surface area (Å²) in [6.45, 7) is 6.59. The Kier molecular flexibility index (Phi) is 4.54. The first-order valence-electron chi connectivity index (χ1n) is 6.77. The van der Waals surface area contributed by atoms with E-state index in [0.29, 0.717) is 6.54 Å². The lowest BCUT2D eigenvalue weighted by molar-refractivity contribution is -0.136. The molecular weight excluding hydrogens is 274 g/mol. The molecule has 0 fully saturated rings. The van der Waals surface area contributed by atoms with E-state index in [-0.39, 0.29) is 12.3 Å². The second-order valence-corrected chi connectivity index (χ2v) is 6.06. The topological polar surface area (TPSA) is 75.1 Å². The van der Waals surface area contributed by atoms with Crippen molar-refractivity contribution in [1.29, 1.82) is 0 Å².